The summed E-state index contributed by atoms with van der Waals surface area (Å²) in [7, 11) is 0. The van der Waals surface area contributed by atoms with Gasteiger partial charge >= 0.3 is 0 Å². The van der Waals surface area contributed by atoms with Crippen LogP contribution in [0.1, 0.15) is 40.3 Å². The Morgan fingerprint density at radius 3 is 2.12 bits per heavy atom. The molecule has 1 N–H and O–H groups in total. The second-order valence-electron chi connectivity index (χ2n) is 5.97. The first kappa shape index (κ1) is 16.0. The van der Waals surface area contributed by atoms with Gasteiger partial charge in [-0.1, -0.05) is 0 Å². The van der Waals surface area contributed by atoms with E-state index in [4.69, 9.17) is 0 Å². The summed E-state index contributed by atoms with van der Waals surface area (Å²) in [6.07, 6.45) is 3.46. The lowest BCUT2D eigenvalue weighted by Crippen LogP contribution is -2.26. The van der Waals surface area contributed by atoms with Crippen LogP contribution in [-0.2, 0) is 0 Å². The van der Waals surface area contributed by atoms with Gasteiger partial charge < -0.3 is 9.88 Å². The lowest BCUT2D eigenvalue weighted by molar-refractivity contribution is 0.0940. The van der Waals surface area contributed by atoms with Crippen molar-refractivity contribution in [3.8, 4) is 5.69 Å². The predicted octanol–water partition coefficient (Wildman–Crippen LogP) is 3.98. The highest BCUT2D eigenvalue weighted by Gasteiger charge is 2.12. The fraction of sp³-hybridized carbons (Fsp3) is 0.200. The average molecular weight is 319 g/mol. The molecule has 3 aromatic rings. The number of hydrogen-bond acceptors (Lipinski definition) is 2. The van der Waals surface area contributed by atoms with Crippen LogP contribution in [0.2, 0.25) is 0 Å². The van der Waals surface area contributed by atoms with Crippen molar-refractivity contribution in [2.75, 3.05) is 0 Å². The minimum absolute atomic E-state index is 0.0610. The van der Waals surface area contributed by atoms with E-state index in [2.05, 4.69) is 40.8 Å². The van der Waals surface area contributed by atoms with Crippen LogP contribution < -0.4 is 5.32 Å². The molecule has 0 bridgehead atoms. The van der Waals surface area contributed by atoms with Crippen LogP contribution in [0.4, 0.5) is 0 Å². The second kappa shape index (κ2) is 6.71. The van der Waals surface area contributed by atoms with E-state index in [1.807, 2.05) is 43.3 Å². The average Bonchev–Trinajstić information content (AvgIpc) is 2.94. The van der Waals surface area contributed by atoms with Crippen molar-refractivity contribution < 1.29 is 4.79 Å². The fourth-order valence-corrected chi connectivity index (χ4v) is 2.85. The van der Waals surface area contributed by atoms with Crippen molar-refractivity contribution >= 4 is 5.91 Å². The zero-order valence-electron chi connectivity index (χ0n) is 14.2. The molecular formula is C20H21N3O. The third kappa shape index (κ3) is 3.23. The molecular weight excluding hydrogens is 298 g/mol. The number of nitrogens with zero attached hydrogens (tertiary/aromatic N) is 2. The largest absolute Gasteiger partial charge is 0.346 e. The van der Waals surface area contributed by atoms with Gasteiger partial charge in [-0.3, -0.25) is 9.78 Å². The number of hydrogen-bond donors (Lipinski definition) is 1. The molecule has 1 aromatic carbocycles. The van der Waals surface area contributed by atoms with Gasteiger partial charge in [-0.2, -0.15) is 0 Å². The molecule has 1 unspecified atom stereocenters. The summed E-state index contributed by atoms with van der Waals surface area (Å²) >= 11 is 0. The van der Waals surface area contributed by atoms with Gasteiger partial charge in [0.2, 0.25) is 0 Å². The van der Waals surface area contributed by atoms with E-state index in [0.717, 1.165) is 11.3 Å². The van der Waals surface area contributed by atoms with Crippen LogP contribution >= 0.6 is 0 Å². The molecule has 0 saturated carbocycles. The maximum Gasteiger partial charge on any atom is 0.251 e. The van der Waals surface area contributed by atoms with Crippen LogP contribution in [0.25, 0.3) is 5.69 Å². The molecule has 4 nitrogen and oxygen atoms in total. The number of pyridine rings is 1. The first-order valence-corrected chi connectivity index (χ1v) is 8.02. The summed E-state index contributed by atoms with van der Waals surface area (Å²) < 4.78 is 2.17. The Morgan fingerprint density at radius 2 is 1.54 bits per heavy atom. The monoisotopic (exact) mass is 319 g/mol. The van der Waals surface area contributed by atoms with E-state index in [-0.39, 0.29) is 11.9 Å². The molecule has 0 aliphatic heterocycles. The number of amides is 1. The molecule has 0 spiro atoms. The number of carbonyl (C=O) groups is 1. The molecule has 4 heteroatoms. The van der Waals surface area contributed by atoms with Crippen molar-refractivity contribution in [3.63, 3.8) is 0 Å². The summed E-state index contributed by atoms with van der Waals surface area (Å²) in [6, 6.07) is 15.6. The van der Waals surface area contributed by atoms with Gasteiger partial charge in [0.15, 0.2) is 0 Å². The van der Waals surface area contributed by atoms with E-state index < -0.39 is 0 Å². The van der Waals surface area contributed by atoms with E-state index in [9.17, 15) is 4.79 Å². The minimum atomic E-state index is -0.0770. The maximum absolute atomic E-state index is 12.4. The number of aromatic nitrogens is 2. The van der Waals surface area contributed by atoms with Gasteiger partial charge in [0.05, 0.1) is 6.04 Å². The number of rotatable bonds is 4. The molecule has 24 heavy (non-hydrogen) atoms. The number of carbonyl (C=O) groups excluding carboxylic acids is 1. The highest BCUT2D eigenvalue weighted by atomic mass is 16.1. The number of benzene rings is 1. The standard InChI is InChI=1S/C20H21N3O/c1-14-4-5-15(2)23(14)19-8-6-18(7-9-19)20(24)22-16(3)17-10-12-21-13-11-17/h4-13,16H,1-3H3,(H,22,24). The Morgan fingerprint density at radius 1 is 0.958 bits per heavy atom. The quantitative estimate of drug-likeness (QED) is 0.790. The lowest BCUT2D eigenvalue weighted by atomic mass is 10.1. The van der Waals surface area contributed by atoms with Crippen LogP contribution in [0.5, 0.6) is 0 Å². The Kier molecular flexibility index (Phi) is 4.47. The summed E-state index contributed by atoms with van der Waals surface area (Å²) in [6.45, 7) is 6.11. The van der Waals surface area contributed by atoms with E-state index in [1.165, 1.54) is 11.4 Å². The van der Waals surface area contributed by atoms with E-state index in [0.29, 0.717) is 5.56 Å². The Hall–Kier alpha value is -2.88. The maximum atomic E-state index is 12.4. The van der Waals surface area contributed by atoms with Crippen molar-refractivity contribution in [2.45, 2.75) is 26.8 Å². The Balaban J connectivity index is 1.75. The summed E-state index contributed by atoms with van der Waals surface area (Å²) in [4.78, 5) is 16.4. The van der Waals surface area contributed by atoms with Gasteiger partial charge in [-0.25, -0.2) is 0 Å². The van der Waals surface area contributed by atoms with Gasteiger partial charge in [0.25, 0.3) is 5.91 Å². The smallest absolute Gasteiger partial charge is 0.251 e. The second-order valence-corrected chi connectivity index (χ2v) is 5.97. The molecule has 122 valence electrons. The van der Waals surface area contributed by atoms with Crippen LogP contribution in [0.3, 0.4) is 0 Å². The molecule has 0 radical (unpaired) electrons. The summed E-state index contributed by atoms with van der Waals surface area (Å²) in [5.41, 5.74) is 5.11. The van der Waals surface area contributed by atoms with Crippen molar-refractivity contribution in [2.24, 2.45) is 0 Å². The molecule has 2 aromatic heterocycles. The zero-order valence-corrected chi connectivity index (χ0v) is 14.2. The summed E-state index contributed by atoms with van der Waals surface area (Å²) in [5.74, 6) is -0.0770. The molecule has 2 heterocycles. The first-order chi connectivity index (χ1) is 11.6. The SMILES string of the molecule is Cc1ccc(C)n1-c1ccc(C(=O)NC(C)c2ccncc2)cc1. The third-order valence-electron chi connectivity index (χ3n) is 4.21. The van der Waals surface area contributed by atoms with Gasteiger partial charge in [-0.05, 0) is 74.9 Å². The number of nitrogens with one attached hydrogen (secondary N) is 1. The molecule has 0 aliphatic rings. The Bertz CT molecular complexity index is 816. The topological polar surface area (TPSA) is 46.9 Å². The van der Waals surface area contributed by atoms with Crippen molar-refractivity contribution in [3.05, 3.63) is 83.4 Å². The minimum Gasteiger partial charge on any atom is -0.346 e. The molecule has 1 atom stereocenters. The highest BCUT2D eigenvalue weighted by Crippen LogP contribution is 2.17. The molecule has 1 amide bonds. The zero-order chi connectivity index (χ0) is 17.1. The molecule has 0 aliphatic carbocycles. The fourth-order valence-electron chi connectivity index (χ4n) is 2.85. The van der Waals surface area contributed by atoms with Crippen LogP contribution in [0, 0.1) is 13.8 Å². The lowest BCUT2D eigenvalue weighted by Gasteiger charge is -2.15. The summed E-state index contributed by atoms with van der Waals surface area (Å²) in [5, 5.41) is 3.02. The molecule has 0 saturated heterocycles. The van der Waals surface area contributed by atoms with Crippen molar-refractivity contribution in [1.82, 2.24) is 14.9 Å². The third-order valence-corrected chi connectivity index (χ3v) is 4.21. The highest BCUT2D eigenvalue weighted by molar-refractivity contribution is 5.94. The molecule has 3 rings (SSSR count). The normalized spacial score (nSPS) is 12.0. The van der Waals surface area contributed by atoms with Gasteiger partial charge in [0.1, 0.15) is 0 Å². The Labute approximate surface area is 142 Å². The van der Waals surface area contributed by atoms with Crippen LogP contribution in [-0.4, -0.2) is 15.5 Å². The van der Waals surface area contributed by atoms with Gasteiger partial charge in [0, 0.05) is 35.0 Å². The van der Waals surface area contributed by atoms with Crippen molar-refractivity contribution in [1.29, 1.82) is 0 Å². The number of aryl methyl sites for hydroxylation is 2. The first-order valence-electron chi connectivity index (χ1n) is 8.02. The predicted molar refractivity (Wildman–Crippen MR) is 95.4 cm³/mol. The van der Waals surface area contributed by atoms with Crippen LogP contribution in [0.15, 0.2) is 60.9 Å². The van der Waals surface area contributed by atoms with Gasteiger partial charge in [-0.15, -0.1) is 0 Å². The van der Waals surface area contributed by atoms with E-state index >= 15 is 0 Å². The van der Waals surface area contributed by atoms with E-state index in [1.54, 1.807) is 12.4 Å². The molecule has 0 fully saturated rings.